The molecule has 1 aliphatic heterocycles. The fourth-order valence-electron chi connectivity index (χ4n) is 3.10. The van der Waals surface area contributed by atoms with E-state index in [1.165, 1.54) is 0 Å². The second-order valence-corrected chi connectivity index (χ2v) is 6.83. The van der Waals surface area contributed by atoms with E-state index in [9.17, 15) is 18.3 Å². The molecule has 0 spiro atoms. The molecule has 1 heterocycles. The van der Waals surface area contributed by atoms with E-state index in [1.54, 1.807) is 0 Å². The number of nitrogens with one attached hydrogen (secondary N) is 1. The molecule has 0 saturated carbocycles. The third-order valence-corrected chi connectivity index (χ3v) is 3.99. The zero-order valence-corrected chi connectivity index (χ0v) is 15.6. The zero-order chi connectivity index (χ0) is 16.5. The quantitative estimate of drug-likeness (QED) is 0.794. The van der Waals surface area contributed by atoms with E-state index in [0.29, 0.717) is 5.56 Å². The van der Waals surface area contributed by atoms with E-state index < -0.39 is 11.7 Å². The molecule has 1 aromatic rings. The molecular weight excluding hydrogens is 364 g/mol. The van der Waals surface area contributed by atoms with Gasteiger partial charge >= 0.3 is 6.18 Å². The molecule has 24 heavy (non-hydrogen) atoms. The van der Waals surface area contributed by atoms with Crippen molar-refractivity contribution in [1.82, 2.24) is 10.2 Å². The lowest BCUT2D eigenvalue weighted by atomic mass is 9.80. The number of halogens is 5. The number of aromatic hydroxyl groups is 1. The first-order valence-corrected chi connectivity index (χ1v) is 7.45. The van der Waals surface area contributed by atoms with Crippen LogP contribution in [-0.4, -0.2) is 36.2 Å². The molecule has 1 saturated heterocycles. The van der Waals surface area contributed by atoms with Gasteiger partial charge in [0.1, 0.15) is 5.75 Å². The van der Waals surface area contributed by atoms with Crippen LogP contribution >= 0.6 is 24.8 Å². The molecule has 0 amide bonds. The number of hydrogen-bond acceptors (Lipinski definition) is 3. The molecule has 1 aliphatic rings. The molecule has 0 aliphatic carbocycles. The van der Waals surface area contributed by atoms with Gasteiger partial charge < -0.3 is 10.4 Å². The lowest BCUT2D eigenvalue weighted by molar-refractivity contribution is -0.137. The number of benzene rings is 1. The molecule has 0 aromatic heterocycles. The minimum absolute atomic E-state index is 0. The number of nitrogens with zero attached hydrogens (tertiary/aromatic N) is 1. The summed E-state index contributed by atoms with van der Waals surface area (Å²) >= 11 is 0. The lowest BCUT2D eigenvalue weighted by Crippen LogP contribution is -2.48. The first-order chi connectivity index (χ1) is 10.1. The molecule has 1 fully saturated rings. The van der Waals surface area contributed by atoms with E-state index in [0.717, 1.165) is 44.4 Å². The monoisotopic (exact) mass is 388 g/mol. The SMILES string of the molecule is CC(C)(C)[C@@H](c1cc(C(F)(F)F)ccc1O)N1CCNCC1.Cl.Cl. The second kappa shape index (κ2) is 8.61. The standard InChI is InChI=1S/C16H23F3N2O.2ClH/c1-15(2,3)14(21-8-6-20-7-9-21)12-10-11(16(17,18)19)4-5-13(12)22;;/h4-5,10,14,20,22H,6-9H2,1-3H3;2*1H/t14-;;/m1../s1. The van der Waals surface area contributed by atoms with Crippen molar-refractivity contribution >= 4 is 24.8 Å². The third-order valence-electron chi connectivity index (χ3n) is 3.99. The summed E-state index contributed by atoms with van der Waals surface area (Å²) in [5.74, 6) is -0.0774. The van der Waals surface area contributed by atoms with Crippen molar-refractivity contribution in [1.29, 1.82) is 0 Å². The first kappa shape index (κ1) is 23.3. The van der Waals surface area contributed by atoms with Crippen molar-refractivity contribution in [2.24, 2.45) is 5.41 Å². The Morgan fingerprint density at radius 1 is 1.08 bits per heavy atom. The highest BCUT2D eigenvalue weighted by Gasteiger charge is 2.37. The van der Waals surface area contributed by atoms with Crippen molar-refractivity contribution in [3.05, 3.63) is 29.3 Å². The summed E-state index contributed by atoms with van der Waals surface area (Å²) in [4.78, 5) is 2.14. The smallest absolute Gasteiger partial charge is 0.416 e. The third kappa shape index (κ3) is 5.41. The molecule has 2 rings (SSSR count). The fourth-order valence-corrected chi connectivity index (χ4v) is 3.10. The number of phenolic OH excluding ortho intramolecular Hbond substituents is 1. The maximum atomic E-state index is 13.0. The van der Waals surface area contributed by atoms with Crippen LogP contribution in [-0.2, 0) is 6.18 Å². The van der Waals surface area contributed by atoms with Gasteiger partial charge in [0, 0.05) is 37.8 Å². The van der Waals surface area contributed by atoms with Crippen molar-refractivity contribution in [3.63, 3.8) is 0 Å². The molecule has 0 radical (unpaired) electrons. The topological polar surface area (TPSA) is 35.5 Å². The Morgan fingerprint density at radius 3 is 2.08 bits per heavy atom. The largest absolute Gasteiger partial charge is 0.508 e. The average Bonchev–Trinajstić information content (AvgIpc) is 2.39. The number of hydrogen-bond donors (Lipinski definition) is 2. The van der Waals surface area contributed by atoms with Crippen molar-refractivity contribution < 1.29 is 18.3 Å². The predicted octanol–water partition coefficient (Wildman–Crippen LogP) is 4.25. The van der Waals surface area contributed by atoms with Crippen molar-refractivity contribution in [2.75, 3.05) is 26.2 Å². The molecular formula is C16H25Cl2F3N2O. The van der Waals surface area contributed by atoms with Crippen molar-refractivity contribution in [2.45, 2.75) is 33.0 Å². The molecule has 3 nitrogen and oxygen atoms in total. The lowest BCUT2D eigenvalue weighted by Gasteiger charge is -2.43. The minimum atomic E-state index is -4.41. The van der Waals surface area contributed by atoms with E-state index in [2.05, 4.69) is 10.2 Å². The highest BCUT2D eigenvalue weighted by Crippen LogP contribution is 2.43. The van der Waals surface area contributed by atoms with Crippen LogP contribution in [0.2, 0.25) is 0 Å². The summed E-state index contributed by atoms with van der Waals surface area (Å²) in [6, 6.07) is 2.90. The van der Waals surface area contributed by atoms with Gasteiger partial charge in [0.2, 0.25) is 0 Å². The van der Waals surface area contributed by atoms with Gasteiger partial charge in [-0.1, -0.05) is 20.8 Å². The Hall–Kier alpha value is -0.690. The second-order valence-electron chi connectivity index (χ2n) is 6.83. The minimum Gasteiger partial charge on any atom is -0.508 e. The summed E-state index contributed by atoms with van der Waals surface area (Å²) < 4.78 is 39.0. The van der Waals surface area contributed by atoms with Crippen molar-refractivity contribution in [3.8, 4) is 5.75 Å². The number of phenols is 1. The van der Waals surface area contributed by atoms with Crippen LogP contribution in [0.1, 0.15) is 37.9 Å². The van der Waals surface area contributed by atoms with Crippen LogP contribution in [0.3, 0.4) is 0 Å². The summed E-state index contributed by atoms with van der Waals surface area (Å²) in [6.45, 7) is 9.05. The van der Waals surface area contributed by atoms with Gasteiger partial charge in [-0.3, -0.25) is 4.90 Å². The van der Waals surface area contributed by atoms with Crippen LogP contribution in [0.15, 0.2) is 18.2 Å². The summed E-state index contributed by atoms with van der Waals surface area (Å²) in [5.41, 5.74) is -0.659. The van der Waals surface area contributed by atoms with Gasteiger partial charge in [-0.05, 0) is 23.6 Å². The molecule has 1 atom stereocenters. The van der Waals surface area contributed by atoms with E-state index >= 15 is 0 Å². The van der Waals surface area contributed by atoms with Gasteiger partial charge in [0.25, 0.3) is 0 Å². The van der Waals surface area contributed by atoms with Crippen LogP contribution in [0.4, 0.5) is 13.2 Å². The van der Waals surface area contributed by atoms with Gasteiger partial charge in [-0.25, -0.2) is 0 Å². The fraction of sp³-hybridized carbons (Fsp3) is 0.625. The molecule has 1 aromatic carbocycles. The number of alkyl halides is 3. The van der Waals surface area contributed by atoms with Gasteiger partial charge in [-0.2, -0.15) is 13.2 Å². The normalized spacial score (nSPS) is 17.6. The van der Waals surface area contributed by atoms with E-state index in [1.807, 2.05) is 20.8 Å². The Balaban J connectivity index is 0.00000264. The van der Waals surface area contributed by atoms with Gasteiger partial charge in [0.05, 0.1) is 5.56 Å². The zero-order valence-electron chi connectivity index (χ0n) is 14.0. The maximum absolute atomic E-state index is 13.0. The summed E-state index contributed by atoms with van der Waals surface area (Å²) in [5, 5.41) is 13.4. The van der Waals surface area contributed by atoms with Gasteiger partial charge in [0.15, 0.2) is 0 Å². The van der Waals surface area contributed by atoms with Crippen LogP contribution in [0.25, 0.3) is 0 Å². The average molecular weight is 389 g/mol. The van der Waals surface area contributed by atoms with E-state index in [4.69, 9.17) is 0 Å². The number of rotatable bonds is 2. The Morgan fingerprint density at radius 2 is 1.62 bits per heavy atom. The Bertz CT molecular complexity index is 527. The van der Waals surface area contributed by atoms with Crippen LogP contribution in [0.5, 0.6) is 5.75 Å². The van der Waals surface area contributed by atoms with Crippen LogP contribution in [0, 0.1) is 5.41 Å². The Kier molecular flexibility index (Phi) is 8.36. The Labute approximate surface area is 153 Å². The predicted molar refractivity (Wildman–Crippen MR) is 94.2 cm³/mol. The first-order valence-electron chi connectivity index (χ1n) is 7.45. The summed E-state index contributed by atoms with van der Waals surface area (Å²) in [7, 11) is 0. The van der Waals surface area contributed by atoms with Gasteiger partial charge in [-0.15, -0.1) is 24.8 Å². The molecule has 140 valence electrons. The molecule has 0 bridgehead atoms. The highest BCUT2D eigenvalue weighted by molar-refractivity contribution is 5.85. The summed E-state index contributed by atoms with van der Waals surface area (Å²) in [6.07, 6.45) is -4.41. The maximum Gasteiger partial charge on any atom is 0.416 e. The molecule has 0 unspecified atom stereocenters. The number of piperazine rings is 1. The molecule has 8 heteroatoms. The van der Waals surface area contributed by atoms with E-state index in [-0.39, 0.29) is 42.0 Å². The highest BCUT2D eigenvalue weighted by atomic mass is 35.5. The van der Waals surface area contributed by atoms with Crippen LogP contribution < -0.4 is 5.32 Å². The molecule has 2 N–H and O–H groups in total.